The lowest BCUT2D eigenvalue weighted by atomic mass is 10.1. The number of aryl methyl sites for hydroxylation is 1. The van der Waals surface area contributed by atoms with Gasteiger partial charge in [-0.25, -0.2) is 0 Å². The van der Waals surface area contributed by atoms with E-state index in [4.69, 9.17) is 9.84 Å². The molecule has 0 amide bonds. The number of aromatic nitrogens is 5. The first-order valence-corrected chi connectivity index (χ1v) is 5.81. The van der Waals surface area contributed by atoms with Crippen LogP contribution in [-0.2, 0) is 11.2 Å². The molecule has 104 valence electrons. The molecule has 0 saturated heterocycles. The Hall–Kier alpha value is -2.64. The molecule has 2 aromatic rings. The van der Waals surface area contributed by atoms with Crippen LogP contribution < -0.4 is 4.74 Å². The number of carboxylic acid groups (broad SMARTS) is 1. The molecule has 0 aromatic carbocycles. The van der Waals surface area contributed by atoms with Gasteiger partial charge in [-0.3, -0.25) is 9.78 Å². The standard InChI is InChI=1S/C12H13N5O3/c1-6-5-13-10(7(2)11(6)20-3)12-16-14-8(15-17-12)4-9(18)19/h5H,4H2,1-3H3,(H,18,19). The highest BCUT2D eigenvalue weighted by Crippen LogP contribution is 2.28. The minimum atomic E-state index is -1.03. The predicted molar refractivity (Wildman–Crippen MR) is 68.2 cm³/mol. The lowest BCUT2D eigenvalue weighted by molar-refractivity contribution is -0.136. The zero-order chi connectivity index (χ0) is 14.7. The molecule has 0 aliphatic carbocycles. The monoisotopic (exact) mass is 275 g/mol. The Labute approximate surface area is 114 Å². The quantitative estimate of drug-likeness (QED) is 0.862. The third-order valence-electron chi connectivity index (χ3n) is 2.69. The molecule has 0 atom stereocenters. The lowest BCUT2D eigenvalue weighted by Crippen LogP contribution is -2.09. The molecule has 2 aromatic heterocycles. The van der Waals surface area contributed by atoms with Gasteiger partial charge in [0.2, 0.25) is 5.82 Å². The van der Waals surface area contributed by atoms with Gasteiger partial charge in [0.15, 0.2) is 5.82 Å². The molecule has 2 rings (SSSR count). The van der Waals surface area contributed by atoms with Crippen molar-refractivity contribution in [1.82, 2.24) is 25.4 Å². The van der Waals surface area contributed by atoms with Gasteiger partial charge < -0.3 is 9.84 Å². The first-order valence-electron chi connectivity index (χ1n) is 5.81. The van der Waals surface area contributed by atoms with Crippen LogP contribution in [0.2, 0.25) is 0 Å². The van der Waals surface area contributed by atoms with Gasteiger partial charge in [0, 0.05) is 17.3 Å². The number of nitrogens with zero attached hydrogens (tertiary/aromatic N) is 5. The highest BCUT2D eigenvalue weighted by molar-refractivity contribution is 5.68. The summed E-state index contributed by atoms with van der Waals surface area (Å²) in [5.74, 6) is -0.0474. The number of pyridine rings is 1. The maximum atomic E-state index is 10.5. The molecule has 0 saturated carbocycles. The summed E-state index contributed by atoms with van der Waals surface area (Å²) < 4.78 is 5.30. The Kier molecular flexibility index (Phi) is 3.83. The van der Waals surface area contributed by atoms with Crippen molar-refractivity contribution in [2.75, 3.05) is 7.11 Å². The molecule has 20 heavy (non-hydrogen) atoms. The van der Waals surface area contributed by atoms with Gasteiger partial charge in [0.1, 0.15) is 17.9 Å². The second kappa shape index (κ2) is 5.55. The first-order chi connectivity index (χ1) is 9.52. The van der Waals surface area contributed by atoms with Crippen molar-refractivity contribution in [2.45, 2.75) is 20.3 Å². The van der Waals surface area contributed by atoms with Crippen molar-refractivity contribution < 1.29 is 14.6 Å². The molecule has 2 heterocycles. The molecule has 0 unspecified atom stereocenters. The fraction of sp³-hybridized carbons (Fsp3) is 0.333. The van der Waals surface area contributed by atoms with Crippen LogP contribution in [0.25, 0.3) is 11.5 Å². The van der Waals surface area contributed by atoms with E-state index in [0.717, 1.165) is 11.1 Å². The van der Waals surface area contributed by atoms with E-state index in [-0.39, 0.29) is 18.1 Å². The maximum Gasteiger partial charge on any atom is 0.311 e. The zero-order valence-corrected chi connectivity index (χ0v) is 11.3. The van der Waals surface area contributed by atoms with Crippen LogP contribution in [0.5, 0.6) is 5.75 Å². The van der Waals surface area contributed by atoms with Crippen LogP contribution in [-0.4, -0.2) is 43.6 Å². The molecule has 1 N–H and O–H groups in total. The number of ether oxygens (including phenoxy) is 1. The zero-order valence-electron chi connectivity index (χ0n) is 11.3. The van der Waals surface area contributed by atoms with Gasteiger partial charge in [-0.15, -0.1) is 20.4 Å². The molecule has 0 radical (unpaired) electrons. The van der Waals surface area contributed by atoms with Gasteiger partial charge in [0.25, 0.3) is 0 Å². The van der Waals surface area contributed by atoms with Gasteiger partial charge in [-0.1, -0.05) is 0 Å². The molecule has 0 spiro atoms. The summed E-state index contributed by atoms with van der Waals surface area (Å²) in [6.45, 7) is 3.72. The van der Waals surface area contributed by atoms with Gasteiger partial charge >= 0.3 is 5.97 Å². The topological polar surface area (TPSA) is 111 Å². The SMILES string of the molecule is COc1c(C)cnc(-c2nnc(CC(=O)O)nn2)c1C. The third-order valence-corrected chi connectivity index (χ3v) is 2.69. The molecule has 8 heteroatoms. The highest BCUT2D eigenvalue weighted by Gasteiger charge is 2.15. The number of carboxylic acids is 1. The predicted octanol–water partition coefficient (Wildman–Crippen LogP) is 0.581. The normalized spacial score (nSPS) is 10.3. The first kappa shape index (κ1) is 13.8. The lowest BCUT2D eigenvalue weighted by Gasteiger charge is -2.10. The van der Waals surface area contributed by atoms with E-state index >= 15 is 0 Å². The molecular formula is C12H13N5O3. The largest absolute Gasteiger partial charge is 0.496 e. The smallest absolute Gasteiger partial charge is 0.311 e. The van der Waals surface area contributed by atoms with E-state index in [0.29, 0.717) is 11.4 Å². The highest BCUT2D eigenvalue weighted by atomic mass is 16.5. The van der Waals surface area contributed by atoms with E-state index in [1.807, 2.05) is 13.8 Å². The molecule has 8 nitrogen and oxygen atoms in total. The van der Waals surface area contributed by atoms with Crippen molar-refractivity contribution >= 4 is 5.97 Å². The number of hydrogen-bond donors (Lipinski definition) is 1. The van der Waals surface area contributed by atoms with E-state index in [2.05, 4.69) is 25.4 Å². The summed E-state index contributed by atoms with van der Waals surface area (Å²) in [6, 6.07) is 0. The fourth-order valence-corrected chi connectivity index (χ4v) is 1.81. The molecule has 0 fully saturated rings. The molecule has 0 bridgehead atoms. The number of carbonyl (C=O) groups is 1. The summed E-state index contributed by atoms with van der Waals surface area (Å²) in [6.07, 6.45) is 1.33. The van der Waals surface area contributed by atoms with Gasteiger partial charge in [-0.2, -0.15) is 0 Å². The Morgan fingerprint density at radius 3 is 2.45 bits per heavy atom. The fourth-order valence-electron chi connectivity index (χ4n) is 1.81. The summed E-state index contributed by atoms with van der Waals surface area (Å²) in [7, 11) is 1.58. The average molecular weight is 275 g/mol. The Morgan fingerprint density at radius 2 is 1.90 bits per heavy atom. The average Bonchev–Trinajstić information content (AvgIpc) is 2.40. The second-order valence-electron chi connectivity index (χ2n) is 4.16. The van der Waals surface area contributed by atoms with Crippen LogP contribution in [0.1, 0.15) is 17.0 Å². The van der Waals surface area contributed by atoms with E-state index < -0.39 is 5.97 Å². The van der Waals surface area contributed by atoms with E-state index in [1.165, 1.54) is 0 Å². The van der Waals surface area contributed by atoms with Crippen molar-refractivity contribution in [2.24, 2.45) is 0 Å². The number of rotatable bonds is 4. The van der Waals surface area contributed by atoms with Crippen molar-refractivity contribution in [3.8, 4) is 17.3 Å². The van der Waals surface area contributed by atoms with Gasteiger partial charge in [-0.05, 0) is 13.8 Å². The minimum Gasteiger partial charge on any atom is -0.496 e. The summed E-state index contributed by atoms with van der Waals surface area (Å²) in [5, 5.41) is 23.8. The second-order valence-corrected chi connectivity index (χ2v) is 4.16. The molecule has 0 aliphatic heterocycles. The third kappa shape index (κ3) is 2.68. The van der Waals surface area contributed by atoms with E-state index in [1.54, 1.807) is 13.3 Å². The van der Waals surface area contributed by atoms with Crippen molar-refractivity contribution in [1.29, 1.82) is 0 Å². The summed E-state index contributed by atoms with van der Waals surface area (Å²) in [5.41, 5.74) is 2.19. The number of aliphatic carboxylic acids is 1. The van der Waals surface area contributed by atoms with Crippen molar-refractivity contribution in [3.63, 3.8) is 0 Å². The Balaban J connectivity index is 2.39. The Bertz CT molecular complexity index is 642. The van der Waals surface area contributed by atoms with Crippen LogP contribution in [0.3, 0.4) is 0 Å². The van der Waals surface area contributed by atoms with Crippen LogP contribution >= 0.6 is 0 Å². The van der Waals surface area contributed by atoms with Crippen molar-refractivity contribution in [3.05, 3.63) is 23.1 Å². The van der Waals surface area contributed by atoms with Crippen LogP contribution in [0.15, 0.2) is 6.20 Å². The van der Waals surface area contributed by atoms with Crippen LogP contribution in [0, 0.1) is 13.8 Å². The molecular weight excluding hydrogens is 262 g/mol. The summed E-state index contributed by atoms with van der Waals surface area (Å²) in [4.78, 5) is 14.8. The minimum absolute atomic E-state index is 0.0537. The maximum absolute atomic E-state index is 10.5. The number of methoxy groups -OCH3 is 1. The van der Waals surface area contributed by atoms with E-state index in [9.17, 15) is 4.79 Å². The summed E-state index contributed by atoms with van der Waals surface area (Å²) >= 11 is 0. The van der Waals surface area contributed by atoms with Crippen LogP contribution in [0.4, 0.5) is 0 Å². The Morgan fingerprint density at radius 1 is 1.25 bits per heavy atom. The number of hydrogen-bond acceptors (Lipinski definition) is 7. The molecule has 0 aliphatic rings. The van der Waals surface area contributed by atoms with Gasteiger partial charge in [0.05, 0.1) is 7.11 Å².